The summed E-state index contributed by atoms with van der Waals surface area (Å²) in [5, 5.41) is 7.46. The highest BCUT2D eigenvalue weighted by atomic mass is 19.4. The van der Waals surface area contributed by atoms with E-state index < -0.39 is 12.7 Å². The zero-order valence-electron chi connectivity index (χ0n) is 10.5. The first kappa shape index (κ1) is 13.6. The van der Waals surface area contributed by atoms with Crippen LogP contribution in [0.3, 0.4) is 0 Å². The fourth-order valence-electron chi connectivity index (χ4n) is 1.93. The lowest BCUT2D eigenvalue weighted by molar-refractivity contribution is -0.120. The van der Waals surface area contributed by atoms with Crippen LogP contribution in [0.15, 0.2) is 12.1 Å². The van der Waals surface area contributed by atoms with Crippen molar-refractivity contribution in [3.05, 3.63) is 23.4 Å². The van der Waals surface area contributed by atoms with Gasteiger partial charge in [0.2, 0.25) is 0 Å². The number of halogens is 3. The molecule has 0 atom stereocenters. The Kier molecular flexibility index (Phi) is 3.38. The first-order valence-electron chi connectivity index (χ1n) is 5.93. The third-order valence-electron chi connectivity index (χ3n) is 2.91. The second-order valence-electron chi connectivity index (χ2n) is 4.71. The third-order valence-corrected chi connectivity index (χ3v) is 2.91. The van der Waals surface area contributed by atoms with Crippen molar-refractivity contribution in [2.45, 2.75) is 32.0 Å². The van der Waals surface area contributed by atoms with Gasteiger partial charge in [-0.1, -0.05) is 0 Å². The topological polar surface area (TPSA) is 66.0 Å². The summed E-state index contributed by atoms with van der Waals surface area (Å²) in [4.78, 5) is 5.36. The summed E-state index contributed by atoms with van der Waals surface area (Å²) >= 11 is 0. The smallest absolute Gasteiger partial charge is 0.384 e. The lowest BCUT2D eigenvalue weighted by atomic mass is 10.2. The standard InChI is InChI=1S/C12H15F3N4/c1-7-2-5-9(10(16)17)11(18-7)19(8-3-4-8)6-12(13,14)15/h2,5,8H,3-4,6H2,1H3,(H3,16,17). The van der Waals surface area contributed by atoms with E-state index in [9.17, 15) is 13.2 Å². The van der Waals surface area contributed by atoms with Crippen LogP contribution in [0.25, 0.3) is 0 Å². The number of rotatable bonds is 4. The third kappa shape index (κ3) is 3.36. The monoisotopic (exact) mass is 272 g/mol. The molecule has 1 fully saturated rings. The quantitative estimate of drug-likeness (QED) is 0.652. The number of amidine groups is 1. The summed E-state index contributed by atoms with van der Waals surface area (Å²) in [5.74, 6) is -0.109. The highest BCUT2D eigenvalue weighted by Gasteiger charge is 2.39. The Morgan fingerprint density at radius 3 is 2.58 bits per heavy atom. The molecule has 0 aliphatic heterocycles. The fraction of sp³-hybridized carbons (Fsp3) is 0.500. The molecule has 1 aromatic rings. The number of hydrogen-bond donors (Lipinski definition) is 2. The van der Waals surface area contributed by atoms with Crippen LogP contribution in [0.1, 0.15) is 24.1 Å². The van der Waals surface area contributed by atoms with Crippen LogP contribution in [0, 0.1) is 12.3 Å². The van der Waals surface area contributed by atoms with Gasteiger partial charge in [0.15, 0.2) is 0 Å². The second-order valence-corrected chi connectivity index (χ2v) is 4.71. The Labute approximate surface area is 108 Å². The maximum Gasteiger partial charge on any atom is 0.405 e. The van der Waals surface area contributed by atoms with Gasteiger partial charge in [-0.15, -0.1) is 0 Å². The minimum atomic E-state index is -4.30. The Balaban J connectivity index is 2.40. The summed E-state index contributed by atoms with van der Waals surface area (Å²) in [5.41, 5.74) is 6.28. The summed E-state index contributed by atoms with van der Waals surface area (Å²) in [6.45, 7) is 0.639. The van der Waals surface area contributed by atoms with E-state index in [0.717, 1.165) is 0 Å². The fourth-order valence-corrected chi connectivity index (χ4v) is 1.93. The van der Waals surface area contributed by atoms with Gasteiger partial charge in [0.1, 0.15) is 18.2 Å². The number of nitrogens with one attached hydrogen (secondary N) is 1. The maximum absolute atomic E-state index is 12.7. The summed E-state index contributed by atoms with van der Waals surface area (Å²) < 4.78 is 38.0. The Bertz CT molecular complexity index is 494. The van der Waals surface area contributed by atoms with Crippen molar-refractivity contribution in [2.24, 2.45) is 5.73 Å². The molecule has 19 heavy (non-hydrogen) atoms. The predicted octanol–water partition coefficient (Wildman–Crippen LogP) is 2.21. The van der Waals surface area contributed by atoms with Crippen molar-refractivity contribution in [3.8, 4) is 0 Å². The first-order valence-corrected chi connectivity index (χ1v) is 5.93. The summed E-state index contributed by atoms with van der Waals surface area (Å²) in [7, 11) is 0. The molecular weight excluding hydrogens is 257 g/mol. The molecule has 7 heteroatoms. The molecule has 0 aromatic carbocycles. The van der Waals surface area contributed by atoms with Gasteiger partial charge in [-0.3, -0.25) is 5.41 Å². The van der Waals surface area contributed by atoms with Gasteiger partial charge in [0.05, 0.1) is 5.56 Å². The van der Waals surface area contributed by atoms with Gasteiger partial charge in [0, 0.05) is 11.7 Å². The number of nitrogens with two attached hydrogens (primary N) is 1. The van der Waals surface area contributed by atoms with Crippen LogP contribution in [-0.2, 0) is 0 Å². The number of nitrogen functional groups attached to an aromatic ring is 1. The number of pyridine rings is 1. The van der Waals surface area contributed by atoms with Crippen LogP contribution in [0.5, 0.6) is 0 Å². The molecule has 0 bridgehead atoms. The molecule has 1 saturated carbocycles. The van der Waals surface area contributed by atoms with E-state index in [1.165, 1.54) is 4.90 Å². The largest absolute Gasteiger partial charge is 0.405 e. The minimum Gasteiger partial charge on any atom is -0.384 e. The molecule has 1 heterocycles. The van der Waals surface area contributed by atoms with E-state index >= 15 is 0 Å². The Hall–Kier alpha value is -1.79. The van der Waals surface area contributed by atoms with Crippen LogP contribution < -0.4 is 10.6 Å². The molecule has 0 saturated heterocycles. The van der Waals surface area contributed by atoms with Gasteiger partial charge < -0.3 is 10.6 Å². The highest BCUT2D eigenvalue weighted by Crippen LogP contribution is 2.35. The number of aryl methyl sites for hydroxylation is 1. The molecule has 3 N–H and O–H groups in total. The Morgan fingerprint density at radius 2 is 2.11 bits per heavy atom. The molecule has 104 valence electrons. The molecule has 0 unspecified atom stereocenters. The van der Waals surface area contributed by atoms with E-state index in [4.69, 9.17) is 11.1 Å². The van der Waals surface area contributed by atoms with Gasteiger partial charge in [-0.25, -0.2) is 4.98 Å². The van der Waals surface area contributed by atoms with Gasteiger partial charge in [-0.2, -0.15) is 13.2 Å². The summed E-state index contributed by atoms with van der Waals surface area (Å²) in [6, 6.07) is 3.03. The molecule has 4 nitrogen and oxygen atoms in total. The van der Waals surface area contributed by atoms with Crippen molar-refractivity contribution in [1.29, 1.82) is 5.41 Å². The second kappa shape index (κ2) is 4.71. The number of hydrogen-bond acceptors (Lipinski definition) is 3. The summed E-state index contributed by atoms with van der Waals surface area (Å²) in [6.07, 6.45) is -2.88. The van der Waals surface area contributed by atoms with E-state index in [1.54, 1.807) is 19.1 Å². The minimum absolute atomic E-state index is 0.158. The van der Waals surface area contributed by atoms with Gasteiger partial charge >= 0.3 is 6.18 Å². The van der Waals surface area contributed by atoms with Crippen LogP contribution in [0.2, 0.25) is 0 Å². The zero-order chi connectivity index (χ0) is 14.2. The van der Waals surface area contributed by atoms with E-state index in [2.05, 4.69) is 4.98 Å². The van der Waals surface area contributed by atoms with Crippen molar-refractivity contribution in [3.63, 3.8) is 0 Å². The van der Waals surface area contributed by atoms with Gasteiger partial charge in [0.25, 0.3) is 0 Å². The van der Waals surface area contributed by atoms with E-state index in [1.807, 2.05) is 0 Å². The van der Waals surface area contributed by atoms with E-state index in [-0.39, 0.29) is 23.3 Å². The molecular formula is C12H15F3N4. The number of nitrogens with zero attached hydrogens (tertiary/aromatic N) is 2. The van der Waals surface area contributed by atoms with Crippen molar-refractivity contribution in [2.75, 3.05) is 11.4 Å². The lowest BCUT2D eigenvalue weighted by Gasteiger charge is -2.26. The van der Waals surface area contributed by atoms with Crippen molar-refractivity contribution in [1.82, 2.24) is 4.98 Å². The molecule has 0 radical (unpaired) electrons. The molecule has 0 spiro atoms. The highest BCUT2D eigenvalue weighted by molar-refractivity contribution is 5.99. The van der Waals surface area contributed by atoms with Crippen molar-refractivity contribution < 1.29 is 13.2 Å². The van der Waals surface area contributed by atoms with Crippen LogP contribution in [-0.4, -0.2) is 29.6 Å². The molecule has 1 aliphatic carbocycles. The van der Waals surface area contributed by atoms with Crippen LogP contribution >= 0.6 is 0 Å². The number of aromatic nitrogens is 1. The lowest BCUT2D eigenvalue weighted by Crippen LogP contribution is -2.38. The predicted molar refractivity (Wildman–Crippen MR) is 66.4 cm³/mol. The number of alkyl halides is 3. The average Bonchev–Trinajstić information content (AvgIpc) is 3.07. The van der Waals surface area contributed by atoms with Crippen molar-refractivity contribution >= 4 is 11.7 Å². The molecule has 0 amide bonds. The first-order chi connectivity index (χ1) is 8.78. The van der Waals surface area contributed by atoms with E-state index in [0.29, 0.717) is 18.5 Å². The molecule has 2 rings (SSSR count). The zero-order valence-corrected chi connectivity index (χ0v) is 10.5. The average molecular weight is 272 g/mol. The maximum atomic E-state index is 12.7. The van der Waals surface area contributed by atoms with Crippen LogP contribution in [0.4, 0.5) is 19.0 Å². The number of anilines is 1. The SMILES string of the molecule is Cc1ccc(C(=N)N)c(N(CC(F)(F)F)C2CC2)n1. The van der Waals surface area contributed by atoms with Gasteiger partial charge in [-0.05, 0) is 31.9 Å². The molecule has 1 aliphatic rings. The Morgan fingerprint density at radius 1 is 1.47 bits per heavy atom. The normalized spacial score (nSPS) is 15.4. The molecule has 1 aromatic heterocycles.